The topological polar surface area (TPSA) is 30.3 Å². The summed E-state index contributed by atoms with van der Waals surface area (Å²) < 4.78 is 70.1. The fourth-order valence-electron chi connectivity index (χ4n) is 1.59. The van der Waals surface area contributed by atoms with Crippen molar-refractivity contribution in [3.63, 3.8) is 0 Å². The van der Waals surface area contributed by atoms with E-state index >= 15 is 0 Å². The van der Waals surface area contributed by atoms with E-state index in [1.165, 1.54) is 16.9 Å². The van der Waals surface area contributed by atoms with Crippen molar-refractivity contribution < 1.29 is 15.7 Å². The van der Waals surface area contributed by atoms with Crippen molar-refractivity contribution in [2.45, 2.75) is 6.08 Å². The van der Waals surface area contributed by atoms with Crippen LogP contribution in [-0.2, 0) is 11.8 Å². The third-order valence-corrected chi connectivity index (χ3v) is 2.46. The number of likely N-dealkylation sites (N-methyl/N-ethyl adjacent to an activating group) is 1. The molecule has 0 N–H and O–H groups in total. The van der Waals surface area contributed by atoms with E-state index in [2.05, 4.69) is 5.10 Å². The van der Waals surface area contributed by atoms with Gasteiger partial charge in [-0.05, 0) is 25.7 Å². The molecule has 2 rings (SSSR count). The van der Waals surface area contributed by atoms with Gasteiger partial charge in [-0.15, -0.1) is 0 Å². The van der Waals surface area contributed by atoms with Gasteiger partial charge in [0.05, 0.1) is 16.4 Å². The van der Waals surface area contributed by atoms with Crippen LogP contribution in [0, 0.1) is 0 Å². The second-order valence-corrected chi connectivity index (χ2v) is 3.91. The number of hydrogen-bond acceptors (Lipinski definition) is 3. The van der Waals surface area contributed by atoms with E-state index in [1.54, 1.807) is 37.4 Å². The molecule has 102 valence electrons. The molecule has 1 aromatic heterocycles. The summed E-state index contributed by atoms with van der Waals surface area (Å²) in [5, 5.41) is 3.97. The lowest BCUT2D eigenvalue weighted by atomic mass is 10.1. The van der Waals surface area contributed by atoms with E-state index in [0.717, 1.165) is 7.05 Å². The van der Waals surface area contributed by atoms with Crippen LogP contribution in [0.25, 0.3) is 0 Å². The van der Waals surface area contributed by atoms with Gasteiger partial charge >= 0.3 is 0 Å². The van der Waals surface area contributed by atoms with Crippen LogP contribution < -0.4 is 0 Å². The van der Waals surface area contributed by atoms with E-state index in [9.17, 15) is 0 Å². The predicted molar refractivity (Wildman–Crippen MR) is 76.0 cm³/mol. The molecular weight excluding hydrogens is 238 g/mol. The van der Waals surface area contributed by atoms with Gasteiger partial charge < -0.3 is 9.64 Å². The second-order valence-electron chi connectivity index (χ2n) is 3.91. The number of nitrogens with zero attached hydrogens (tertiary/aromatic N) is 3. The van der Waals surface area contributed by atoms with Crippen molar-refractivity contribution in [1.82, 2.24) is 14.7 Å². The van der Waals surface area contributed by atoms with Crippen LogP contribution in [-0.4, -0.2) is 41.8 Å². The molecule has 1 aromatic carbocycles. The Labute approximate surface area is 125 Å². The molecule has 0 aliphatic rings. The lowest BCUT2D eigenvalue weighted by molar-refractivity contribution is 0.0638. The Kier molecular flexibility index (Phi) is 2.28. The standard InChI is InChI=1S/C15H21N3O/c1-17(2)11-12-19-15(13-7-5-4-6-8-13)14-9-10-16-18(14)3/h4-10,15H,11-12H2,1-3H3/i1D3,11D2,12D2,15D. The number of hydrogen-bond donors (Lipinski definition) is 0. The maximum atomic E-state index is 8.84. The molecule has 1 unspecified atom stereocenters. The Bertz CT molecular complexity index is 777. The molecule has 4 nitrogen and oxygen atoms in total. The van der Waals surface area contributed by atoms with Crippen LogP contribution >= 0.6 is 0 Å². The maximum Gasteiger partial charge on any atom is 0.124 e. The van der Waals surface area contributed by atoms with Crippen molar-refractivity contribution in [2.24, 2.45) is 7.05 Å². The Balaban J connectivity index is 2.54. The minimum atomic E-state index is -3.15. The fourth-order valence-corrected chi connectivity index (χ4v) is 1.59. The Hall–Kier alpha value is -1.65. The summed E-state index contributed by atoms with van der Waals surface area (Å²) >= 11 is 0. The van der Waals surface area contributed by atoms with Gasteiger partial charge in [-0.3, -0.25) is 4.68 Å². The number of aromatic nitrogens is 2. The molecule has 0 spiro atoms. The van der Waals surface area contributed by atoms with Crippen LogP contribution in [0.15, 0.2) is 42.6 Å². The summed E-state index contributed by atoms with van der Waals surface area (Å²) in [4.78, 5) is 0.272. The quantitative estimate of drug-likeness (QED) is 0.803. The Morgan fingerprint density at radius 3 is 2.89 bits per heavy atom. The molecule has 1 atom stereocenters. The van der Waals surface area contributed by atoms with Crippen molar-refractivity contribution in [1.29, 1.82) is 0 Å². The highest BCUT2D eigenvalue weighted by molar-refractivity contribution is 5.25. The third-order valence-electron chi connectivity index (χ3n) is 2.46. The summed E-state index contributed by atoms with van der Waals surface area (Å²) in [6.07, 6.45) is -0.761. The third kappa shape index (κ3) is 3.66. The number of aryl methyl sites for hydroxylation is 1. The van der Waals surface area contributed by atoms with Gasteiger partial charge in [0.25, 0.3) is 0 Å². The van der Waals surface area contributed by atoms with Gasteiger partial charge in [-0.25, -0.2) is 0 Å². The number of rotatable bonds is 6. The summed E-state index contributed by atoms with van der Waals surface area (Å²) in [7, 11) is 2.48. The van der Waals surface area contributed by atoms with E-state index in [1.807, 2.05) is 0 Å². The largest absolute Gasteiger partial charge is 0.366 e. The van der Waals surface area contributed by atoms with E-state index in [0.29, 0.717) is 0 Å². The molecule has 2 aromatic rings. The number of benzene rings is 1. The van der Waals surface area contributed by atoms with Crippen LogP contribution in [0.4, 0.5) is 0 Å². The Morgan fingerprint density at radius 1 is 1.47 bits per heavy atom. The molecular formula is C15H21N3O. The molecule has 0 aliphatic carbocycles. The zero-order valence-corrected chi connectivity index (χ0v) is 10.8. The SMILES string of the molecule is [2H]C(OC([2H])([2H])C([2H])([2H])N(C)C([2H])([2H])[2H])(c1ccccc1)c1ccnn1C. The Morgan fingerprint density at radius 2 is 2.26 bits per heavy atom. The van der Waals surface area contributed by atoms with Gasteiger partial charge in [0.1, 0.15) is 6.08 Å². The minimum Gasteiger partial charge on any atom is -0.366 e. The maximum absolute atomic E-state index is 8.84. The van der Waals surface area contributed by atoms with Gasteiger partial charge in [0, 0.05) is 26.6 Å². The predicted octanol–water partition coefficient (Wildman–Crippen LogP) is 2.09. The highest BCUT2D eigenvalue weighted by Gasteiger charge is 2.17. The minimum absolute atomic E-state index is 0.157. The summed E-state index contributed by atoms with van der Waals surface area (Å²) in [5.41, 5.74) is 0.398. The van der Waals surface area contributed by atoms with Crippen molar-refractivity contribution in [3.05, 3.63) is 53.9 Å². The van der Waals surface area contributed by atoms with Crippen LogP contribution in [0.1, 0.15) is 28.3 Å². The molecule has 0 amide bonds. The molecule has 0 radical (unpaired) electrons. The first-order chi connectivity index (χ1) is 12.2. The monoisotopic (exact) mass is 267 g/mol. The van der Waals surface area contributed by atoms with Gasteiger partial charge in [-0.1, -0.05) is 30.3 Å². The lowest BCUT2D eigenvalue weighted by Gasteiger charge is -2.20. The molecule has 1 heterocycles. The highest BCUT2D eigenvalue weighted by Crippen LogP contribution is 2.25. The van der Waals surface area contributed by atoms with Crippen LogP contribution in [0.5, 0.6) is 0 Å². The molecule has 0 fully saturated rings. The van der Waals surface area contributed by atoms with Gasteiger partial charge in [0.2, 0.25) is 0 Å². The summed E-state index contributed by atoms with van der Waals surface area (Å²) in [6, 6.07) is 9.52. The van der Waals surface area contributed by atoms with Crippen molar-refractivity contribution >= 4 is 0 Å². The summed E-state index contributed by atoms with van der Waals surface area (Å²) in [6.45, 7) is -9.11. The van der Waals surface area contributed by atoms with Crippen molar-refractivity contribution in [2.75, 3.05) is 27.1 Å². The average molecular weight is 267 g/mol. The molecule has 0 saturated heterocycles. The first-order valence-corrected chi connectivity index (χ1v) is 5.71. The van der Waals surface area contributed by atoms with Crippen molar-refractivity contribution in [3.8, 4) is 0 Å². The van der Waals surface area contributed by atoms with Crippen LogP contribution in [0.3, 0.4) is 0 Å². The lowest BCUT2D eigenvalue weighted by Crippen LogP contribution is -2.20. The van der Waals surface area contributed by atoms with E-state index in [-0.39, 0.29) is 16.2 Å². The second kappa shape index (κ2) is 6.50. The van der Waals surface area contributed by atoms with Gasteiger partial charge in [0.15, 0.2) is 0 Å². The van der Waals surface area contributed by atoms with Crippen LogP contribution in [0.2, 0.25) is 0 Å². The molecule has 0 saturated carbocycles. The zero-order chi connectivity index (χ0) is 20.7. The average Bonchev–Trinajstić information content (AvgIpc) is 3.00. The molecule has 19 heavy (non-hydrogen) atoms. The smallest absolute Gasteiger partial charge is 0.124 e. The number of ether oxygens (including phenoxy) is 1. The first kappa shape index (κ1) is 6.68. The fraction of sp³-hybridized carbons (Fsp3) is 0.400. The molecule has 0 bridgehead atoms. The van der Waals surface area contributed by atoms with Gasteiger partial charge in [-0.2, -0.15) is 5.10 Å². The highest BCUT2D eigenvalue weighted by atomic mass is 16.5. The molecule has 0 aliphatic heterocycles. The zero-order valence-electron chi connectivity index (χ0n) is 18.8. The van der Waals surface area contributed by atoms with E-state index < -0.39 is 26.1 Å². The normalized spacial score (nSPS) is 22.9. The van der Waals surface area contributed by atoms with E-state index in [4.69, 9.17) is 15.7 Å². The summed E-state index contributed by atoms with van der Waals surface area (Å²) in [5.74, 6) is 0. The first-order valence-electron chi connectivity index (χ1n) is 9.71. The molecule has 4 heteroatoms.